The number of phenolic OH excluding ortho intramolecular Hbond substituents is 1. The number of likely N-dealkylation sites (tertiary alicyclic amines) is 1. The summed E-state index contributed by atoms with van der Waals surface area (Å²) in [5, 5.41) is 25.7. The number of fused-ring (bicyclic) bond motifs is 1. The van der Waals surface area contributed by atoms with Crippen LogP contribution in [-0.2, 0) is 15.0 Å². The van der Waals surface area contributed by atoms with Gasteiger partial charge in [-0.15, -0.1) is 0 Å². The molecule has 1 aromatic carbocycles. The average Bonchev–Trinajstić information content (AvgIpc) is 3.51. The molecule has 3 aliphatic rings. The van der Waals surface area contributed by atoms with Crippen molar-refractivity contribution in [2.45, 2.75) is 63.2 Å². The normalized spacial score (nSPS) is 26.7. The zero-order valence-corrected chi connectivity index (χ0v) is 17.1. The van der Waals surface area contributed by atoms with Crippen molar-refractivity contribution in [1.82, 2.24) is 4.90 Å². The van der Waals surface area contributed by atoms with E-state index in [-0.39, 0.29) is 12.8 Å². The lowest BCUT2D eigenvalue weighted by Crippen LogP contribution is -2.51. The van der Waals surface area contributed by atoms with Crippen molar-refractivity contribution in [2.24, 2.45) is 11.8 Å². The van der Waals surface area contributed by atoms with Crippen molar-refractivity contribution in [2.75, 3.05) is 19.6 Å². The Morgan fingerprint density at radius 1 is 1.03 bits per heavy atom. The quantitative estimate of drug-likeness (QED) is 0.667. The topological polar surface area (TPSA) is 98.1 Å². The van der Waals surface area contributed by atoms with Gasteiger partial charge in [0.15, 0.2) is 0 Å². The molecule has 0 spiro atoms. The second kappa shape index (κ2) is 9.61. The fourth-order valence-corrected chi connectivity index (χ4v) is 5.05. The number of hydrogen-bond acceptors (Lipinski definition) is 4. The van der Waals surface area contributed by atoms with Gasteiger partial charge in [-0.1, -0.05) is 25.0 Å². The molecule has 2 unspecified atom stereocenters. The molecule has 2 atom stereocenters. The van der Waals surface area contributed by atoms with Gasteiger partial charge in [-0.3, -0.25) is 9.59 Å². The summed E-state index contributed by atoms with van der Waals surface area (Å²) in [5.74, 6) is 0.0776. The van der Waals surface area contributed by atoms with Crippen molar-refractivity contribution in [1.29, 1.82) is 0 Å². The highest BCUT2D eigenvalue weighted by atomic mass is 16.4. The number of carboxylic acid groups (broad SMARTS) is 2. The zero-order chi connectivity index (χ0) is 20.9. The first kappa shape index (κ1) is 21.6. The monoisotopic (exact) mass is 403 g/mol. The molecule has 6 heteroatoms. The predicted octanol–water partition coefficient (Wildman–Crippen LogP) is 3.87. The Bertz CT molecular complexity index is 703. The summed E-state index contributed by atoms with van der Waals surface area (Å²) >= 11 is 0. The van der Waals surface area contributed by atoms with Crippen LogP contribution >= 0.6 is 0 Å². The molecule has 1 aromatic rings. The summed E-state index contributed by atoms with van der Waals surface area (Å²) in [6.45, 7) is 3.88. The third-order valence-electron chi connectivity index (χ3n) is 6.75. The molecule has 0 radical (unpaired) electrons. The van der Waals surface area contributed by atoms with Gasteiger partial charge < -0.3 is 20.2 Å². The van der Waals surface area contributed by atoms with Crippen LogP contribution < -0.4 is 0 Å². The Kier molecular flexibility index (Phi) is 7.17. The molecule has 2 aliphatic carbocycles. The fourth-order valence-electron chi connectivity index (χ4n) is 5.05. The van der Waals surface area contributed by atoms with Crippen LogP contribution in [0.2, 0.25) is 0 Å². The molecule has 1 heterocycles. The summed E-state index contributed by atoms with van der Waals surface area (Å²) in [5.41, 5.74) is 1.75. The van der Waals surface area contributed by atoms with E-state index in [1.165, 1.54) is 70.1 Å². The Morgan fingerprint density at radius 3 is 2.38 bits per heavy atom. The van der Waals surface area contributed by atoms with Gasteiger partial charge in [0.25, 0.3) is 0 Å². The molecule has 160 valence electrons. The van der Waals surface area contributed by atoms with Crippen LogP contribution in [0.4, 0.5) is 0 Å². The standard InChI is InChI=1S/C19H27NO.C4H6O4/c21-18-6-3-5-16(12-18)19-9-2-1-4-17(19)14-20(11-10-19)13-15-7-8-15;5-3(6)1-2-4(7)8/h3,5-6,12,15,17,21H,1-2,4,7-11,13-14H2;1-2H2,(H,5,6)(H,7,8). The van der Waals surface area contributed by atoms with E-state index in [1.807, 2.05) is 12.1 Å². The van der Waals surface area contributed by atoms with Gasteiger partial charge >= 0.3 is 11.9 Å². The summed E-state index contributed by atoms with van der Waals surface area (Å²) < 4.78 is 0. The van der Waals surface area contributed by atoms with E-state index in [2.05, 4.69) is 11.0 Å². The number of nitrogens with zero attached hydrogens (tertiary/aromatic N) is 1. The molecule has 0 amide bonds. The van der Waals surface area contributed by atoms with Gasteiger partial charge in [-0.2, -0.15) is 0 Å². The number of aromatic hydroxyl groups is 1. The first-order chi connectivity index (χ1) is 13.9. The fraction of sp³-hybridized carbons (Fsp3) is 0.652. The summed E-state index contributed by atoms with van der Waals surface area (Å²) in [6.07, 6.45) is 9.04. The lowest BCUT2D eigenvalue weighted by atomic mass is 9.59. The smallest absolute Gasteiger partial charge is 0.303 e. The number of aliphatic carboxylic acids is 2. The van der Waals surface area contributed by atoms with E-state index in [0.717, 1.165) is 11.8 Å². The van der Waals surface area contributed by atoms with Crippen LogP contribution in [0.5, 0.6) is 5.75 Å². The number of carbonyl (C=O) groups is 2. The molecular formula is C23H33NO5. The maximum absolute atomic E-state index is 9.90. The minimum atomic E-state index is -1.08. The van der Waals surface area contributed by atoms with Gasteiger partial charge in [0, 0.05) is 18.5 Å². The van der Waals surface area contributed by atoms with Crippen LogP contribution in [0.15, 0.2) is 24.3 Å². The molecule has 0 bridgehead atoms. The molecule has 6 nitrogen and oxygen atoms in total. The Labute approximate surface area is 172 Å². The second-order valence-electron chi connectivity index (χ2n) is 8.89. The number of benzene rings is 1. The van der Waals surface area contributed by atoms with E-state index in [9.17, 15) is 14.7 Å². The second-order valence-corrected chi connectivity index (χ2v) is 8.89. The number of phenols is 1. The third kappa shape index (κ3) is 5.95. The summed E-state index contributed by atoms with van der Waals surface area (Å²) in [4.78, 5) is 22.0. The van der Waals surface area contributed by atoms with Crippen molar-refractivity contribution in [3.05, 3.63) is 29.8 Å². The lowest BCUT2D eigenvalue weighted by molar-refractivity contribution is -0.143. The van der Waals surface area contributed by atoms with E-state index in [1.54, 1.807) is 6.07 Å². The SMILES string of the molecule is O=C(O)CCC(=O)O.Oc1cccc(C23CCCCC2CN(CC2CC2)CC3)c1. The van der Waals surface area contributed by atoms with Crippen LogP contribution in [0, 0.1) is 11.8 Å². The highest BCUT2D eigenvalue weighted by Gasteiger charge is 2.45. The van der Waals surface area contributed by atoms with Crippen molar-refractivity contribution >= 4 is 11.9 Å². The van der Waals surface area contributed by atoms with Gasteiger partial charge in [0.05, 0.1) is 12.8 Å². The molecule has 2 saturated carbocycles. The lowest BCUT2D eigenvalue weighted by Gasteiger charge is -2.51. The van der Waals surface area contributed by atoms with Crippen LogP contribution in [0.1, 0.15) is 63.4 Å². The van der Waals surface area contributed by atoms with E-state index in [4.69, 9.17) is 10.2 Å². The van der Waals surface area contributed by atoms with E-state index < -0.39 is 11.9 Å². The zero-order valence-electron chi connectivity index (χ0n) is 17.1. The van der Waals surface area contributed by atoms with Gasteiger partial charge in [0.1, 0.15) is 5.75 Å². The highest BCUT2D eigenvalue weighted by Crippen LogP contribution is 2.49. The summed E-state index contributed by atoms with van der Waals surface area (Å²) in [7, 11) is 0. The van der Waals surface area contributed by atoms with Crippen LogP contribution in [0.3, 0.4) is 0 Å². The molecule has 1 aliphatic heterocycles. The van der Waals surface area contributed by atoms with Crippen molar-refractivity contribution in [3.63, 3.8) is 0 Å². The molecule has 1 saturated heterocycles. The molecular weight excluding hydrogens is 370 g/mol. The largest absolute Gasteiger partial charge is 0.508 e. The predicted molar refractivity (Wildman–Crippen MR) is 110 cm³/mol. The minimum Gasteiger partial charge on any atom is -0.508 e. The molecule has 0 aromatic heterocycles. The van der Waals surface area contributed by atoms with E-state index >= 15 is 0 Å². The van der Waals surface area contributed by atoms with Crippen LogP contribution in [-0.4, -0.2) is 51.8 Å². The number of piperidine rings is 1. The first-order valence-corrected chi connectivity index (χ1v) is 10.8. The maximum Gasteiger partial charge on any atom is 0.303 e. The summed E-state index contributed by atoms with van der Waals surface area (Å²) in [6, 6.07) is 8.13. The number of carboxylic acids is 2. The van der Waals surface area contributed by atoms with Crippen LogP contribution in [0.25, 0.3) is 0 Å². The highest BCUT2D eigenvalue weighted by molar-refractivity contribution is 5.75. The van der Waals surface area contributed by atoms with Gasteiger partial charge in [-0.05, 0) is 68.2 Å². The molecule has 4 rings (SSSR count). The molecule has 29 heavy (non-hydrogen) atoms. The molecule has 3 N–H and O–H groups in total. The van der Waals surface area contributed by atoms with E-state index in [0.29, 0.717) is 11.2 Å². The Balaban J connectivity index is 0.000000258. The third-order valence-corrected chi connectivity index (χ3v) is 6.75. The van der Waals surface area contributed by atoms with Gasteiger partial charge in [0.2, 0.25) is 0 Å². The Hall–Kier alpha value is -2.08. The van der Waals surface area contributed by atoms with Crippen molar-refractivity contribution < 1.29 is 24.9 Å². The van der Waals surface area contributed by atoms with Gasteiger partial charge in [-0.25, -0.2) is 0 Å². The first-order valence-electron chi connectivity index (χ1n) is 10.8. The van der Waals surface area contributed by atoms with Crippen molar-refractivity contribution in [3.8, 4) is 5.75 Å². The number of rotatable bonds is 6. The maximum atomic E-state index is 9.90. The minimum absolute atomic E-state index is 0.296. The number of hydrogen-bond donors (Lipinski definition) is 3. The molecule has 3 fully saturated rings. The Morgan fingerprint density at radius 2 is 1.76 bits per heavy atom. The average molecular weight is 404 g/mol.